The van der Waals surface area contributed by atoms with Crippen molar-refractivity contribution in [3.63, 3.8) is 0 Å². The highest BCUT2D eigenvalue weighted by Gasteiger charge is 2.23. The van der Waals surface area contributed by atoms with Crippen LogP contribution in [-0.2, 0) is 10.0 Å². The quantitative estimate of drug-likeness (QED) is 0.605. The molecule has 1 fully saturated rings. The lowest BCUT2D eigenvalue weighted by molar-refractivity contribution is -0.385. The lowest BCUT2D eigenvalue weighted by Gasteiger charge is -2.10. The van der Waals surface area contributed by atoms with Crippen molar-refractivity contribution in [3.8, 4) is 0 Å². The van der Waals surface area contributed by atoms with Gasteiger partial charge in [0, 0.05) is 12.6 Å². The van der Waals surface area contributed by atoms with Gasteiger partial charge in [0.25, 0.3) is 5.69 Å². The maximum absolute atomic E-state index is 13.7. The van der Waals surface area contributed by atoms with Crippen LogP contribution in [0.15, 0.2) is 17.0 Å². The zero-order valence-electron chi connectivity index (χ0n) is 12.1. The predicted octanol–water partition coefficient (Wildman–Crippen LogP) is 1.32. The minimum Gasteiger partial charge on any atom is -0.316 e. The van der Waals surface area contributed by atoms with E-state index >= 15 is 0 Å². The van der Waals surface area contributed by atoms with Crippen LogP contribution < -0.4 is 10.0 Å². The molecular formula is C13H18FN3O4S. The van der Waals surface area contributed by atoms with E-state index in [4.69, 9.17) is 0 Å². The van der Waals surface area contributed by atoms with Gasteiger partial charge in [0.15, 0.2) is 0 Å². The number of hydrogen-bond acceptors (Lipinski definition) is 5. The van der Waals surface area contributed by atoms with Gasteiger partial charge in [-0.1, -0.05) is 0 Å². The molecule has 122 valence electrons. The normalized spacial score (nSPS) is 18.5. The van der Waals surface area contributed by atoms with Crippen molar-refractivity contribution < 1.29 is 17.7 Å². The molecule has 7 nitrogen and oxygen atoms in total. The van der Waals surface area contributed by atoms with Gasteiger partial charge in [0.05, 0.1) is 15.4 Å². The fourth-order valence-electron chi connectivity index (χ4n) is 2.43. The Bertz CT molecular complexity index is 672. The first-order valence-electron chi connectivity index (χ1n) is 6.96. The van der Waals surface area contributed by atoms with Crippen molar-refractivity contribution in [1.82, 2.24) is 10.0 Å². The third-order valence-electron chi connectivity index (χ3n) is 3.80. The molecule has 1 aromatic rings. The van der Waals surface area contributed by atoms with Crippen LogP contribution >= 0.6 is 0 Å². The van der Waals surface area contributed by atoms with Gasteiger partial charge in [-0.25, -0.2) is 17.5 Å². The number of nitro benzene ring substituents is 1. The second-order valence-electron chi connectivity index (χ2n) is 5.35. The molecule has 0 aromatic heterocycles. The van der Waals surface area contributed by atoms with E-state index in [1.54, 1.807) is 0 Å². The third kappa shape index (κ3) is 3.79. The maximum atomic E-state index is 13.7. The van der Waals surface area contributed by atoms with Crippen LogP contribution in [0.5, 0.6) is 0 Å². The molecule has 2 rings (SSSR count). The second-order valence-corrected chi connectivity index (χ2v) is 7.12. The van der Waals surface area contributed by atoms with Crippen molar-refractivity contribution in [1.29, 1.82) is 0 Å². The number of halogens is 1. The minimum atomic E-state index is -3.96. The van der Waals surface area contributed by atoms with Gasteiger partial charge < -0.3 is 5.32 Å². The van der Waals surface area contributed by atoms with Crippen LogP contribution in [0.1, 0.15) is 18.4 Å². The van der Waals surface area contributed by atoms with Gasteiger partial charge >= 0.3 is 0 Å². The molecule has 1 aromatic carbocycles. The Kier molecular flexibility index (Phi) is 5.09. The predicted molar refractivity (Wildman–Crippen MR) is 78.6 cm³/mol. The molecule has 22 heavy (non-hydrogen) atoms. The Hall–Kier alpha value is -1.58. The average Bonchev–Trinajstić information content (AvgIpc) is 2.94. The van der Waals surface area contributed by atoms with Crippen LogP contribution in [0.3, 0.4) is 0 Å². The van der Waals surface area contributed by atoms with E-state index in [1.807, 2.05) is 0 Å². The summed E-state index contributed by atoms with van der Waals surface area (Å²) in [6, 6.07) is 1.69. The Morgan fingerprint density at radius 3 is 2.82 bits per heavy atom. The Morgan fingerprint density at radius 2 is 2.23 bits per heavy atom. The van der Waals surface area contributed by atoms with E-state index in [9.17, 15) is 22.9 Å². The van der Waals surface area contributed by atoms with Crippen LogP contribution in [0, 0.1) is 28.8 Å². The topological polar surface area (TPSA) is 101 Å². The largest absolute Gasteiger partial charge is 0.316 e. The molecule has 2 N–H and O–H groups in total. The number of nitro groups is 1. The van der Waals surface area contributed by atoms with E-state index < -0.39 is 31.3 Å². The van der Waals surface area contributed by atoms with Crippen molar-refractivity contribution in [2.75, 3.05) is 19.6 Å². The molecule has 0 radical (unpaired) electrons. The summed E-state index contributed by atoms with van der Waals surface area (Å²) in [5, 5.41) is 14.0. The Labute approximate surface area is 128 Å². The van der Waals surface area contributed by atoms with E-state index in [1.165, 1.54) is 6.92 Å². The fraction of sp³-hybridized carbons (Fsp3) is 0.538. The monoisotopic (exact) mass is 331 g/mol. The highest BCUT2D eigenvalue weighted by molar-refractivity contribution is 7.89. The Morgan fingerprint density at radius 1 is 1.50 bits per heavy atom. The van der Waals surface area contributed by atoms with Gasteiger partial charge in [-0.3, -0.25) is 10.1 Å². The first-order chi connectivity index (χ1) is 10.3. The highest BCUT2D eigenvalue weighted by atomic mass is 32.2. The standard InChI is InChI=1S/C13H18FN3O4S/c1-9-12(14)6-11(7-13(9)17(18)19)22(20,21)16-5-3-10-2-4-15-8-10/h6-7,10,15-16H,2-5,8H2,1H3. The SMILES string of the molecule is Cc1c(F)cc(S(=O)(=O)NCCC2CCNC2)cc1[N+](=O)[O-]. The van der Waals surface area contributed by atoms with Gasteiger partial charge in [0.1, 0.15) is 5.82 Å². The molecule has 1 atom stereocenters. The molecule has 0 amide bonds. The van der Waals surface area contributed by atoms with Crippen molar-refractivity contribution >= 4 is 15.7 Å². The van der Waals surface area contributed by atoms with Crippen molar-refractivity contribution in [3.05, 3.63) is 33.6 Å². The second kappa shape index (κ2) is 6.67. The molecule has 0 spiro atoms. The van der Waals surface area contributed by atoms with E-state index in [0.29, 0.717) is 12.3 Å². The molecule has 1 unspecified atom stereocenters. The van der Waals surface area contributed by atoms with Gasteiger partial charge in [-0.2, -0.15) is 0 Å². The third-order valence-corrected chi connectivity index (χ3v) is 5.24. The number of sulfonamides is 1. The van der Waals surface area contributed by atoms with Crippen molar-refractivity contribution in [2.24, 2.45) is 5.92 Å². The van der Waals surface area contributed by atoms with Crippen LogP contribution in [0.2, 0.25) is 0 Å². The summed E-state index contributed by atoms with van der Waals surface area (Å²) >= 11 is 0. The van der Waals surface area contributed by atoms with Gasteiger partial charge in [-0.05, 0) is 44.8 Å². The first kappa shape index (κ1) is 16.8. The molecule has 1 heterocycles. The summed E-state index contributed by atoms with van der Waals surface area (Å²) in [6.07, 6.45) is 1.66. The first-order valence-corrected chi connectivity index (χ1v) is 8.44. The number of rotatable bonds is 6. The van der Waals surface area contributed by atoms with E-state index in [-0.39, 0.29) is 12.1 Å². The molecule has 0 saturated carbocycles. The summed E-state index contributed by atoms with van der Waals surface area (Å²) in [4.78, 5) is 9.64. The molecule has 9 heteroatoms. The van der Waals surface area contributed by atoms with Crippen LogP contribution in [0.25, 0.3) is 0 Å². The molecular weight excluding hydrogens is 313 g/mol. The zero-order valence-corrected chi connectivity index (χ0v) is 13.0. The fourth-order valence-corrected chi connectivity index (χ4v) is 3.51. The number of hydrogen-bond donors (Lipinski definition) is 2. The van der Waals surface area contributed by atoms with Crippen LogP contribution in [0.4, 0.5) is 10.1 Å². The van der Waals surface area contributed by atoms with Crippen molar-refractivity contribution in [2.45, 2.75) is 24.7 Å². The average molecular weight is 331 g/mol. The van der Waals surface area contributed by atoms with Crippen LogP contribution in [-0.4, -0.2) is 33.0 Å². The molecule has 0 bridgehead atoms. The highest BCUT2D eigenvalue weighted by Crippen LogP contribution is 2.25. The molecule has 0 aliphatic carbocycles. The maximum Gasteiger partial charge on any atom is 0.276 e. The number of benzene rings is 1. The minimum absolute atomic E-state index is 0.180. The molecule has 1 aliphatic heterocycles. The summed E-state index contributed by atoms with van der Waals surface area (Å²) in [5.41, 5.74) is -0.721. The summed E-state index contributed by atoms with van der Waals surface area (Å²) in [5.74, 6) is -0.499. The van der Waals surface area contributed by atoms with E-state index in [0.717, 1.165) is 31.6 Å². The molecule has 1 aliphatic rings. The van der Waals surface area contributed by atoms with Gasteiger partial charge in [0.2, 0.25) is 10.0 Å². The molecule has 1 saturated heterocycles. The number of nitrogens with one attached hydrogen (secondary N) is 2. The zero-order chi connectivity index (χ0) is 16.3. The van der Waals surface area contributed by atoms with Gasteiger partial charge in [-0.15, -0.1) is 0 Å². The number of nitrogens with zero attached hydrogens (tertiary/aromatic N) is 1. The summed E-state index contributed by atoms with van der Waals surface area (Å²) < 4.78 is 40.3. The summed E-state index contributed by atoms with van der Waals surface area (Å²) in [7, 11) is -3.96. The smallest absolute Gasteiger partial charge is 0.276 e. The lowest BCUT2D eigenvalue weighted by Crippen LogP contribution is -2.27. The Balaban J connectivity index is 2.12. The lowest BCUT2D eigenvalue weighted by atomic mass is 10.1. The summed E-state index contributed by atoms with van der Waals surface area (Å²) in [6.45, 7) is 3.24. The van der Waals surface area contributed by atoms with E-state index in [2.05, 4.69) is 10.0 Å².